The molecule has 2 aromatic rings. The number of ketones is 1. The maximum Gasteiger partial charge on any atom is 0.331 e. The summed E-state index contributed by atoms with van der Waals surface area (Å²) in [6.07, 6.45) is 2.56. The van der Waals surface area contributed by atoms with Gasteiger partial charge in [0.05, 0.1) is 0 Å². The van der Waals surface area contributed by atoms with Gasteiger partial charge >= 0.3 is 5.97 Å². The van der Waals surface area contributed by atoms with Gasteiger partial charge in [-0.15, -0.1) is 0 Å². The van der Waals surface area contributed by atoms with Gasteiger partial charge in [0.15, 0.2) is 12.4 Å². The fourth-order valence-corrected chi connectivity index (χ4v) is 2.51. The maximum absolute atomic E-state index is 11.8. The second kappa shape index (κ2) is 9.17. The summed E-state index contributed by atoms with van der Waals surface area (Å²) in [5.41, 5.74) is 1.52. The van der Waals surface area contributed by atoms with Crippen LogP contribution in [0.3, 0.4) is 0 Å². The van der Waals surface area contributed by atoms with Crippen molar-refractivity contribution in [3.8, 4) is 0 Å². The van der Waals surface area contributed by atoms with E-state index in [0.29, 0.717) is 26.9 Å². The Kier molecular flexibility index (Phi) is 6.95. The fraction of sp³-hybridized carbons (Fsp3) is 0.105. The van der Waals surface area contributed by atoms with Gasteiger partial charge in [0.1, 0.15) is 0 Å². The quantitative estimate of drug-likeness (QED) is 0.450. The Morgan fingerprint density at radius 3 is 2.23 bits per heavy atom. The zero-order valence-electron chi connectivity index (χ0n) is 13.8. The Hall–Kier alpha value is -2.63. The molecule has 0 aliphatic rings. The SMILES string of the molecule is CC(=O)c1ccc(NC(=O)COC(=O)/C=C/c2c(Cl)cccc2Cl)cc1. The lowest BCUT2D eigenvalue weighted by molar-refractivity contribution is -0.142. The van der Waals surface area contributed by atoms with Crippen molar-refractivity contribution in [2.75, 3.05) is 11.9 Å². The molecule has 0 radical (unpaired) electrons. The van der Waals surface area contributed by atoms with Gasteiger partial charge in [0, 0.05) is 32.9 Å². The van der Waals surface area contributed by atoms with E-state index in [4.69, 9.17) is 27.9 Å². The summed E-state index contributed by atoms with van der Waals surface area (Å²) in [5, 5.41) is 3.35. The number of nitrogens with one attached hydrogen (secondary N) is 1. The molecule has 1 N–H and O–H groups in total. The molecule has 2 rings (SSSR count). The molecule has 5 nitrogen and oxygen atoms in total. The average molecular weight is 392 g/mol. The molecule has 0 saturated carbocycles. The van der Waals surface area contributed by atoms with Crippen molar-refractivity contribution in [2.45, 2.75) is 6.92 Å². The Balaban J connectivity index is 1.86. The lowest BCUT2D eigenvalue weighted by atomic mass is 10.1. The molecule has 0 aromatic heterocycles. The van der Waals surface area contributed by atoms with E-state index >= 15 is 0 Å². The lowest BCUT2D eigenvalue weighted by Gasteiger charge is -2.06. The van der Waals surface area contributed by atoms with E-state index < -0.39 is 18.5 Å². The van der Waals surface area contributed by atoms with Crippen LogP contribution in [-0.4, -0.2) is 24.3 Å². The van der Waals surface area contributed by atoms with E-state index in [1.165, 1.54) is 13.0 Å². The van der Waals surface area contributed by atoms with Crippen molar-refractivity contribution in [3.05, 3.63) is 69.7 Å². The predicted molar refractivity (Wildman–Crippen MR) is 102 cm³/mol. The highest BCUT2D eigenvalue weighted by atomic mass is 35.5. The second-order valence-electron chi connectivity index (χ2n) is 5.26. The van der Waals surface area contributed by atoms with Crippen LogP contribution < -0.4 is 5.32 Å². The molecule has 0 aliphatic heterocycles. The van der Waals surface area contributed by atoms with Gasteiger partial charge in [0.25, 0.3) is 5.91 Å². The minimum Gasteiger partial charge on any atom is -0.452 e. The van der Waals surface area contributed by atoms with E-state index in [0.717, 1.165) is 6.08 Å². The number of amides is 1. The smallest absolute Gasteiger partial charge is 0.331 e. The third kappa shape index (κ3) is 5.72. The van der Waals surface area contributed by atoms with Crippen molar-refractivity contribution in [1.82, 2.24) is 0 Å². The normalized spacial score (nSPS) is 10.6. The molecule has 1 amide bonds. The highest BCUT2D eigenvalue weighted by Gasteiger charge is 2.07. The molecule has 0 spiro atoms. The fourth-order valence-electron chi connectivity index (χ4n) is 1.99. The zero-order valence-corrected chi connectivity index (χ0v) is 15.3. The highest BCUT2D eigenvalue weighted by molar-refractivity contribution is 6.37. The number of hydrogen-bond donors (Lipinski definition) is 1. The van der Waals surface area contributed by atoms with Crippen molar-refractivity contribution >= 4 is 52.6 Å². The monoisotopic (exact) mass is 391 g/mol. The zero-order chi connectivity index (χ0) is 19.1. The summed E-state index contributed by atoms with van der Waals surface area (Å²) in [6.45, 7) is 1.00. The van der Waals surface area contributed by atoms with Gasteiger partial charge in [-0.05, 0) is 49.4 Å². The number of esters is 1. The first kappa shape index (κ1) is 19.7. The van der Waals surface area contributed by atoms with Crippen LogP contribution in [0, 0.1) is 0 Å². The summed E-state index contributed by atoms with van der Waals surface area (Å²) < 4.78 is 4.86. The van der Waals surface area contributed by atoms with E-state index in [2.05, 4.69) is 5.32 Å². The molecule has 0 aliphatic carbocycles. The van der Waals surface area contributed by atoms with Crippen LogP contribution in [0.25, 0.3) is 6.08 Å². The second-order valence-corrected chi connectivity index (χ2v) is 6.07. The largest absolute Gasteiger partial charge is 0.452 e. The van der Waals surface area contributed by atoms with Crippen LogP contribution in [0.15, 0.2) is 48.5 Å². The predicted octanol–water partition coefficient (Wildman–Crippen LogP) is 4.39. The molecule has 0 saturated heterocycles. The minimum absolute atomic E-state index is 0.0674. The molecular weight excluding hydrogens is 377 g/mol. The van der Waals surface area contributed by atoms with Gasteiger partial charge in [-0.25, -0.2) is 4.79 Å². The van der Waals surface area contributed by atoms with Crippen molar-refractivity contribution in [1.29, 1.82) is 0 Å². The number of anilines is 1. The molecular formula is C19H15Cl2NO4. The molecule has 0 bridgehead atoms. The molecule has 0 heterocycles. The third-order valence-electron chi connectivity index (χ3n) is 3.31. The van der Waals surface area contributed by atoms with Crippen LogP contribution in [0.4, 0.5) is 5.69 Å². The van der Waals surface area contributed by atoms with Gasteiger partial charge in [-0.2, -0.15) is 0 Å². The molecule has 2 aromatic carbocycles. The van der Waals surface area contributed by atoms with E-state index in [9.17, 15) is 14.4 Å². The van der Waals surface area contributed by atoms with E-state index in [1.807, 2.05) is 0 Å². The third-order valence-corrected chi connectivity index (χ3v) is 3.97. The van der Waals surface area contributed by atoms with Crippen LogP contribution in [0.2, 0.25) is 10.0 Å². The summed E-state index contributed by atoms with van der Waals surface area (Å²) in [5.74, 6) is -1.27. The maximum atomic E-state index is 11.8. The summed E-state index contributed by atoms with van der Waals surface area (Å²) >= 11 is 12.0. The summed E-state index contributed by atoms with van der Waals surface area (Å²) in [4.78, 5) is 34.7. The molecule has 7 heteroatoms. The Bertz CT molecular complexity index is 840. The average Bonchev–Trinajstić information content (AvgIpc) is 2.60. The highest BCUT2D eigenvalue weighted by Crippen LogP contribution is 2.25. The molecule has 0 unspecified atom stereocenters. The number of ether oxygens (including phenoxy) is 1. The standard InChI is InChI=1S/C19H15Cl2NO4/c1-12(23)13-5-7-14(8-6-13)22-18(24)11-26-19(25)10-9-15-16(20)3-2-4-17(15)21/h2-10H,11H2,1H3,(H,22,24)/b10-9+. The number of hydrogen-bond acceptors (Lipinski definition) is 4. The first-order chi connectivity index (χ1) is 12.4. The summed E-state index contributed by atoms with van der Waals surface area (Å²) in [6, 6.07) is 11.4. The van der Waals surface area contributed by atoms with Crippen LogP contribution >= 0.6 is 23.2 Å². The number of benzene rings is 2. The molecule has 0 atom stereocenters. The van der Waals surface area contributed by atoms with E-state index in [-0.39, 0.29) is 5.78 Å². The Morgan fingerprint density at radius 2 is 1.65 bits per heavy atom. The van der Waals surface area contributed by atoms with E-state index in [1.54, 1.807) is 42.5 Å². The Labute approximate surface area is 160 Å². The Morgan fingerprint density at radius 1 is 1.04 bits per heavy atom. The van der Waals surface area contributed by atoms with Crippen molar-refractivity contribution in [2.24, 2.45) is 0 Å². The van der Waals surface area contributed by atoms with Gasteiger partial charge < -0.3 is 10.1 Å². The minimum atomic E-state index is -0.705. The van der Waals surface area contributed by atoms with Crippen molar-refractivity contribution < 1.29 is 19.1 Å². The number of carbonyl (C=O) groups is 3. The van der Waals surface area contributed by atoms with Gasteiger partial charge in [-0.1, -0.05) is 29.3 Å². The van der Waals surface area contributed by atoms with Crippen molar-refractivity contribution in [3.63, 3.8) is 0 Å². The molecule has 0 fully saturated rings. The lowest BCUT2D eigenvalue weighted by Crippen LogP contribution is -2.20. The molecule has 26 heavy (non-hydrogen) atoms. The number of rotatable bonds is 6. The first-order valence-electron chi connectivity index (χ1n) is 7.56. The van der Waals surface area contributed by atoms with Gasteiger partial charge in [-0.3, -0.25) is 9.59 Å². The molecule has 134 valence electrons. The topological polar surface area (TPSA) is 72.5 Å². The number of carbonyl (C=O) groups excluding carboxylic acids is 3. The van der Waals surface area contributed by atoms with Crippen LogP contribution in [0.1, 0.15) is 22.8 Å². The van der Waals surface area contributed by atoms with Gasteiger partial charge in [0.2, 0.25) is 0 Å². The first-order valence-corrected chi connectivity index (χ1v) is 8.32. The number of Topliss-reactive ketones (excluding diaryl/α,β-unsaturated/α-hetero) is 1. The number of halogens is 2. The summed E-state index contributed by atoms with van der Waals surface area (Å²) in [7, 11) is 0. The van der Waals surface area contributed by atoms with Crippen LogP contribution in [0.5, 0.6) is 0 Å². The van der Waals surface area contributed by atoms with Crippen LogP contribution in [-0.2, 0) is 14.3 Å².